The number of thiol groups is 1. The maximum absolute atomic E-state index is 11.0. The molecule has 1 aromatic heterocycles. The Kier molecular flexibility index (Phi) is 5.56. The first-order valence-corrected chi connectivity index (χ1v) is 11.4. The van der Waals surface area contributed by atoms with Gasteiger partial charge >= 0.3 is 0 Å². The molecule has 148 valence electrons. The Hall–Kier alpha value is -2.11. The van der Waals surface area contributed by atoms with E-state index >= 15 is 0 Å². The molecule has 0 amide bonds. The van der Waals surface area contributed by atoms with Crippen LogP contribution in [-0.4, -0.2) is 24.8 Å². The number of rotatable bonds is 5. The molecule has 1 atom stereocenters. The van der Waals surface area contributed by atoms with E-state index in [1.54, 1.807) is 0 Å². The zero-order valence-corrected chi connectivity index (χ0v) is 17.5. The number of nitrogens with one attached hydrogen (secondary N) is 1. The summed E-state index contributed by atoms with van der Waals surface area (Å²) in [5, 5.41) is 1.33. The quantitative estimate of drug-likeness (QED) is 0.619. The first-order valence-electron chi connectivity index (χ1n) is 10.0. The fourth-order valence-electron chi connectivity index (χ4n) is 4.61. The fraction of sp³-hybridized carbons (Fsp3) is 0.391. The van der Waals surface area contributed by atoms with Gasteiger partial charge in [0, 0.05) is 29.7 Å². The van der Waals surface area contributed by atoms with Gasteiger partial charge in [-0.15, -0.1) is 0 Å². The van der Waals surface area contributed by atoms with E-state index in [4.69, 9.17) is 0 Å². The number of piperidine rings is 1. The molecule has 28 heavy (non-hydrogen) atoms. The molecule has 1 unspecified atom stereocenters. The van der Waals surface area contributed by atoms with Gasteiger partial charge in [0.2, 0.25) is 0 Å². The second kappa shape index (κ2) is 8.10. The van der Waals surface area contributed by atoms with Crippen molar-refractivity contribution in [3.05, 3.63) is 70.4 Å². The van der Waals surface area contributed by atoms with Crippen LogP contribution in [0.4, 0.5) is 0 Å². The molecule has 4 rings (SSSR count). The number of nitrogens with zero attached hydrogens (tertiary/aromatic N) is 1. The van der Waals surface area contributed by atoms with E-state index in [0.717, 1.165) is 25.1 Å². The first-order chi connectivity index (χ1) is 13.5. The van der Waals surface area contributed by atoms with Crippen molar-refractivity contribution in [2.75, 3.05) is 6.54 Å². The Bertz CT molecular complexity index is 1040. The number of aromatic amines is 1. The highest BCUT2D eigenvalue weighted by molar-refractivity contribution is 7.71. The van der Waals surface area contributed by atoms with Crippen molar-refractivity contribution in [3.8, 4) is 0 Å². The van der Waals surface area contributed by atoms with Crippen molar-refractivity contribution >= 4 is 21.6 Å². The highest BCUT2D eigenvalue weighted by Gasteiger charge is 2.25. The fourth-order valence-corrected chi connectivity index (χ4v) is 5.12. The number of benzene rings is 2. The third-order valence-corrected chi connectivity index (χ3v) is 6.65. The van der Waals surface area contributed by atoms with Gasteiger partial charge < -0.3 is 4.98 Å². The maximum Gasteiger partial charge on any atom is 0.144 e. The predicted molar refractivity (Wildman–Crippen MR) is 115 cm³/mol. The molecule has 1 N–H and O–H groups in total. The second-order valence-corrected chi connectivity index (χ2v) is 8.95. The first kappa shape index (κ1) is 19.2. The van der Waals surface area contributed by atoms with Crippen LogP contribution in [0.1, 0.15) is 53.1 Å². The summed E-state index contributed by atoms with van der Waals surface area (Å²) in [6, 6.07) is 13.0. The van der Waals surface area contributed by atoms with Crippen molar-refractivity contribution in [3.63, 3.8) is 0 Å². The van der Waals surface area contributed by atoms with Crippen LogP contribution in [0.25, 0.3) is 10.9 Å². The summed E-state index contributed by atoms with van der Waals surface area (Å²) >= 11 is 0. The zero-order chi connectivity index (χ0) is 19.7. The van der Waals surface area contributed by atoms with Crippen molar-refractivity contribution in [2.45, 2.75) is 51.4 Å². The van der Waals surface area contributed by atoms with E-state index in [1.807, 2.05) is 18.3 Å². The number of hydrogen-bond donors (Lipinski definition) is 2. The minimum absolute atomic E-state index is 0.123. The van der Waals surface area contributed by atoms with Crippen molar-refractivity contribution in [1.29, 1.82) is 0 Å². The van der Waals surface area contributed by atoms with Crippen molar-refractivity contribution in [2.24, 2.45) is 0 Å². The molecule has 0 saturated carbocycles. The van der Waals surface area contributed by atoms with Crippen LogP contribution in [-0.2, 0) is 23.0 Å². The topological polar surface area (TPSA) is 53.2 Å². The van der Waals surface area contributed by atoms with Gasteiger partial charge in [-0.2, -0.15) is 0 Å². The molecule has 1 aliphatic heterocycles. The zero-order valence-electron chi connectivity index (χ0n) is 16.6. The lowest BCUT2D eigenvalue weighted by molar-refractivity contribution is 0.141. The van der Waals surface area contributed by atoms with E-state index in [-0.39, 0.29) is 5.75 Å². The Balaban J connectivity index is 1.62. The molecule has 5 heteroatoms. The summed E-state index contributed by atoms with van der Waals surface area (Å²) in [7, 11) is -2.38. The van der Waals surface area contributed by atoms with Gasteiger partial charge in [-0.25, -0.2) is 8.42 Å². The minimum atomic E-state index is -2.38. The minimum Gasteiger partial charge on any atom is -0.361 e. The van der Waals surface area contributed by atoms with Gasteiger partial charge in [0.25, 0.3) is 0 Å². The monoisotopic (exact) mass is 396 g/mol. The van der Waals surface area contributed by atoms with Crippen LogP contribution in [0.5, 0.6) is 0 Å². The average Bonchev–Trinajstić information content (AvgIpc) is 3.16. The maximum atomic E-state index is 11.0. The molecule has 2 aromatic carbocycles. The number of likely N-dealkylation sites (tertiary alicyclic amines) is 1. The number of aromatic nitrogens is 1. The van der Waals surface area contributed by atoms with E-state index < -0.39 is 10.7 Å². The summed E-state index contributed by atoms with van der Waals surface area (Å²) in [6.45, 7) is 6.42. The van der Waals surface area contributed by atoms with Crippen LogP contribution in [0, 0.1) is 13.8 Å². The third-order valence-electron chi connectivity index (χ3n) is 6.03. The van der Waals surface area contributed by atoms with E-state index in [1.165, 1.54) is 46.0 Å². The van der Waals surface area contributed by atoms with Crippen molar-refractivity contribution in [1.82, 2.24) is 9.88 Å². The summed E-state index contributed by atoms with van der Waals surface area (Å²) in [5.74, 6) is 0.123. The molecule has 3 aromatic rings. The Morgan fingerprint density at radius 1 is 1.07 bits per heavy atom. The number of aryl methyl sites for hydroxylation is 2. The van der Waals surface area contributed by atoms with Crippen LogP contribution in [0.15, 0.2) is 42.6 Å². The van der Waals surface area contributed by atoms with Gasteiger partial charge in [-0.05, 0) is 67.1 Å². The van der Waals surface area contributed by atoms with Gasteiger partial charge in [-0.1, -0.05) is 36.8 Å². The normalized spacial score (nSPS) is 18.2. The Morgan fingerprint density at radius 3 is 2.61 bits per heavy atom. The molecule has 1 aliphatic rings. The Labute approximate surface area is 168 Å². The van der Waals surface area contributed by atoms with Crippen LogP contribution in [0.2, 0.25) is 0 Å². The molecule has 0 aliphatic carbocycles. The van der Waals surface area contributed by atoms with Gasteiger partial charge in [-0.3, -0.25) is 4.90 Å². The van der Waals surface area contributed by atoms with Gasteiger partial charge in [0.15, 0.2) is 0 Å². The molecular formula is C23H28N2O2S. The molecule has 2 heterocycles. The summed E-state index contributed by atoms with van der Waals surface area (Å²) < 4.78 is 22.0. The second-order valence-electron chi connectivity index (χ2n) is 7.97. The Morgan fingerprint density at radius 2 is 1.86 bits per heavy atom. The summed E-state index contributed by atoms with van der Waals surface area (Å²) in [4.78, 5) is 5.98. The van der Waals surface area contributed by atoms with E-state index in [9.17, 15) is 8.42 Å². The van der Waals surface area contributed by atoms with Gasteiger partial charge in [0.05, 0.1) is 5.75 Å². The van der Waals surface area contributed by atoms with Gasteiger partial charge in [0.1, 0.15) is 10.7 Å². The lowest BCUT2D eigenvalue weighted by atomic mass is 9.92. The predicted octanol–water partition coefficient (Wildman–Crippen LogP) is 4.62. The molecule has 0 radical (unpaired) electrons. The van der Waals surface area contributed by atoms with Crippen LogP contribution in [0.3, 0.4) is 0 Å². The molecular weight excluding hydrogens is 368 g/mol. The highest BCUT2D eigenvalue weighted by atomic mass is 32.2. The number of fused-ring (bicyclic) bond motifs is 1. The average molecular weight is 397 g/mol. The van der Waals surface area contributed by atoms with E-state index in [2.05, 4.69) is 48.0 Å². The smallest absolute Gasteiger partial charge is 0.144 e. The van der Waals surface area contributed by atoms with Crippen molar-refractivity contribution < 1.29 is 8.42 Å². The molecule has 1 fully saturated rings. The molecule has 4 nitrogen and oxygen atoms in total. The largest absolute Gasteiger partial charge is 0.361 e. The van der Waals surface area contributed by atoms with Crippen LogP contribution < -0.4 is 0 Å². The lowest BCUT2D eigenvalue weighted by Gasteiger charge is -2.36. The highest BCUT2D eigenvalue weighted by Crippen LogP contribution is 2.34. The third kappa shape index (κ3) is 3.87. The standard InChI is InChI=1S/C23H28N2O2S/c1-16-13-17(2)23-20(10-11-24-23)21(16)14-25-12-4-3-5-22(25)19-8-6-18(7-9-19)15-28(26)27/h6-11,13,22,24,28H,3-5,12,14-15H2,1-2H3. The lowest BCUT2D eigenvalue weighted by Crippen LogP contribution is -2.33. The van der Waals surface area contributed by atoms with E-state index in [0.29, 0.717) is 6.04 Å². The molecule has 0 bridgehead atoms. The number of H-pyrrole nitrogens is 1. The van der Waals surface area contributed by atoms with Crippen LogP contribution >= 0.6 is 0 Å². The molecule has 1 saturated heterocycles. The molecule has 0 spiro atoms. The summed E-state index contributed by atoms with van der Waals surface area (Å²) in [6.07, 6.45) is 5.65. The summed E-state index contributed by atoms with van der Waals surface area (Å²) in [5.41, 5.74) is 7.46. The SMILES string of the molecule is Cc1cc(C)c2[nH]ccc2c1CN1CCCCC1c1ccc(C[SH](=O)=O)cc1. The number of hydrogen-bond acceptors (Lipinski definition) is 3.